The highest BCUT2D eigenvalue weighted by atomic mass is 16.3. The Bertz CT molecular complexity index is 338. The minimum absolute atomic E-state index is 0.0762. The molecule has 4 atom stereocenters. The summed E-state index contributed by atoms with van der Waals surface area (Å²) in [6.07, 6.45) is 1.11. The van der Waals surface area contributed by atoms with Crippen LogP contribution in [-0.2, 0) is 0 Å². The molecule has 1 aromatic rings. The average molecular weight is 204 g/mol. The molecule has 0 aliphatic carbocycles. The first-order valence-electron chi connectivity index (χ1n) is 5.91. The molecule has 1 aromatic carbocycles. The van der Waals surface area contributed by atoms with Gasteiger partial charge >= 0.3 is 0 Å². The Hall–Kier alpha value is -0.860. The van der Waals surface area contributed by atoms with Gasteiger partial charge < -0.3 is 10.0 Å². The molecular weight excluding hydrogens is 186 g/mol. The van der Waals surface area contributed by atoms with E-state index in [1.165, 1.54) is 25.1 Å². The van der Waals surface area contributed by atoms with Crippen molar-refractivity contribution in [3.05, 3.63) is 35.9 Å². The van der Waals surface area contributed by atoms with Crippen molar-refractivity contribution in [1.29, 1.82) is 0 Å². The van der Waals surface area contributed by atoms with Gasteiger partial charge in [0.05, 0.1) is 13.1 Å². The number of hydrogen-bond donors (Lipinski definition) is 2. The zero-order chi connectivity index (χ0) is 10.3. The Labute approximate surface area is 90.5 Å². The van der Waals surface area contributed by atoms with E-state index in [4.69, 9.17) is 0 Å². The predicted molar refractivity (Wildman–Crippen MR) is 58.9 cm³/mol. The van der Waals surface area contributed by atoms with Gasteiger partial charge in [-0.1, -0.05) is 30.3 Å². The van der Waals surface area contributed by atoms with Crippen LogP contribution in [0.2, 0.25) is 0 Å². The maximum atomic E-state index is 10.0. The maximum absolute atomic E-state index is 10.0. The molecule has 0 spiro atoms. The van der Waals surface area contributed by atoms with Crippen LogP contribution < -0.4 is 4.90 Å². The number of fused-ring (bicyclic) bond motifs is 3. The van der Waals surface area contributed by atoms with E-state index in [-0.39, 0.29) is 6.10 Å². The van der Waals surface area contributed by atoms with E-state index in [0.29, 0.717) is 11.8 Å². The Morgan fingerprint density at radius 1 is 1.13 bits per heavy atom. The van der Waals surface area contributed by atoms with E-state index in [0.717, 1.165) is 6.54 Å². The van der Waals surface area contributed by atoms with Crippen molar-refractivity contribution in [2.75, 3.05) is 19.6 Å². The SMILES string of the molecule is O[C@@H]1C[NH+]2CC[C@H]1[C@@H](c1ccccc1)C2. The standard InChI is InChI=1S/C13H17NO/c15-13-9-14-7-6-11(13)12(8-14)10-4-2-1-3-5-10/h1-5,11-13,15H,6-9H2/p+1/t11-,12+,13+/m0/s1. The zero-order valence-electron chi connectivity index (χ0n) is 8.89. The lowest BCUT2D eigenvalue weighted by molar-refractivity contribution is -0.922. The molecule has 2 N–H and O–H groups in total. The van der Waals surface area contributed by atoms with Crippen molar-refractivity contribution in [3.63, 3.8) is 0 Å². The number of benzene rings is 1. The Kier molecular flexibility index (Phi) is 2.26. The summed E-state index contributed by atoms with van der Waals surface area (Å²) in [4.78, 5) is 1.58. The third-order valence-corrected chi connectivity index (χ3v) is 4.08. The molecule has 15 heavy (non-hydrogen) atoms. The molecule has 2 nitrogen and oxygen atoms in total. The first-order valence-corrected chi connectivity index (χ1v) is 5.91. The quantitative estimate of drug-likeness (QED) is 0.664. The number of aliphatic hydroxyl groups is 1. The zero-order valence-corrected chi connectivity index (χ0v) is 8.89. The number of hydrogen-bond acceptors (Lipinski definition) is 1. The van der Waals surface area contributed by atoms with Crippen LogP contribution in [0, 0.1) is 5.92 Å². The van der Waals surface area contributed by atoms with Crippen LogP contribution in [0.15, 0.2) is 30.3 Å². The number of piperidine rings is 3. The molecule has 80 valence electrons. The summed E-state index contributed by atoms with van der Waals surface area (Å²) in [5, 5.41) is 10.0. The molecule has 3 aliphatic heterocycles. The van der Waals surface area contributed by atoms with Gasteiger partial charge in [0.2, 0.25) is 0 Å². The average Bonchev–Trinajstić information content (AvgIpc) is 2.30. The minimum atomic E-state index is -0.0762. The van der Waals surface area contributed by atoms with Gasteiger partial charge in [-0.2, -0.15) is 0 Å². The molecular formula is C13H18NO+. The van der Waals surface area contributed by atoms with E-state index in [1.54, 1.807) is 4.90 Å². The second-order valence-corrected chi connectivity index (χ2v) is 4.95. The molecule has 3 aliphatic rings. The van der Waals surface area contributed by atoms with E-state index < -0.39 is 0 Å². The smallest absolute Gasteiger partial charge is 0.107 e. The number of nitrogens with one attached hydrogen (secondary N) is 1. The lowest BCUT2D eigenvalue weighted by Crippen LogP contribution is -3.17. The van der Waals surface area contributed by atoms with E-state index in [2.05, 4.69) is 30.3 Å². The Balaban J connectivity index is 1.88. The Morgan fingerprint density at radius 2 is 1.93 bits per heavy atom. The van der Waals surface area contributed by atoms with Crippen LogP contribution in [0.5, 0.6) is 0 Å². The number of quaternary nitrogens is 1. The summed E-state index contributed by atoms with van der Waals surface area (Å²) in [6.45, 7) is 3.44. The van der Waals surface area contributed by atoms with Crippen LogP contribution >= 0.6 is 0 Å². The van der Waals surface area contributed by atoms with Crippen LogP contribution in [0.3, 0.4) is 0 Å². The predicted octanol–water partition coefficient (Wildman–Crippen LogP) is 0.0495. The van der Waals surface area contributed by atoms with Crippen molar-refractivity contribution in [3.8, 4) is 0 Å². The molecule has 1 unspecified atom stereocenters. The highest BCUT2D eigenvalue weighted by molar-refractivity contribution is 5.21. The summed E-state index contributed by atoms with van der Waals surface area (Å²) in [5.74, 6) is 1.09. The van der Waals surface area contributed by atoms with Crippen LogP contribution in [0.4, 0.5) is 0 Å². The van der Waals surface area contributed by atoms with E-state index >= 15 is 0 Å². The molecule has 0 saturated carbocycles. The summed E-state index contributed by atoms with van der Waals surface area (Å²) < 4.78 is 0. The Morgan fingerprint density at radius 3 is 2.60 bits per heavy atom. The maximum Gasteiger partial charge on any atom is 0.107 e. The third kappa shape index (κ3) is 1.58. The largest absolute Gasteiger partial charge is 0.387 e. The van der Waals surface area contributed by atoms with E-state index in [1.807, 2.05) is 0 Å². The molecule has 0 radical (unpaired) electrons. The van der Waals surface area contributed by atoms with Crippen molar-refractivity contribution in [2.45, 2.75) is 18.4 Å². The summed E-state index contributed by atoms with van der Waals surface area (Å²) in [7, 11) is 0. The van der Waals surface area contributed by atoms with Crippen LogP contribution in [0.25, 0.3) is 0 Å². The number of rotatable bonds is 1. The molecule has 3 heterocycles. The summed E-state index contributed by atoms with van der Waals surface area (Å²) >= 11 is 0. The summed E-state index contributed by atoms with van der Waals surface area (Å²) in [5.41, 5.74) is 1.42. The van der Waals surface area contributed by atoms with Crippen molar-refractivity contribution in [1.82, 2.24) is 0 Å². The lowest BCUT2D eigenvalue weighted by atomic mass is 9.74. The highest BCUT2D eigenvalue weighted by Gasteiger charge is 2.43. The van der Waals surface area contributed by atoms with Gasteiger partial charge in [-0.05, 0) is 5.56 Å². The molecule has 0 amide bonds. The highest BCUT2D eigenvalue weighted by Crippen LogP contribution is 2.32. The molecule has 2 bridgehead atoms. The van der Waals surface area contributed by atoms with Crippen molar-refractivity contribution in [2.24, 2.45) is 5.92 Å². The van der Waals surface area contributed by atoms with Gasteiger partial charge in [-0.3, -0.25) is 0 Å². The normalized spacial score (nSPS) is 39.3. The molecule has 2 heteroatoms. The van der Waals surface area contributed by atoms with Gasteiger partial charge in [-0.15, -0.1) is 0 Å². The first-order chi connectivity index (χ1) is 7.34. The van der Waals surface area contributed by atoms with Gasteiger partial charge in [0.1, 0.15) is 12.6 Å². The second-order valence-electron chi connectivity index (χ2n) is 4.95. The number of aliphatic hydroxyl groups excluding tert-OH is 1. The van der Waals surface area contributed by atoms with Gasteiger partial charge in [0.25, 0.3) is 0 Å². The first kappa shape index (κ1) is 9.37. The monoisotopic (exact) mass is 204 g/mol. The lowest BCUT2D eigenvalue weighted by Gasteiger charge is -2.45. The van der Waals surface area contributed by atoms with Gasteiger partial charge in [-0.25, -0.2) is 0 Å². The fourth-order valence-electron chi connectivity index (χ4n) is 3.29. The second kappa shape index (κ2) is 3.62. The molecule has 0 aromatic heterocycles. The molecule has 3 fully saturated rings. The third-order valence-electron chi connectivity index (χ3n) is 4.08. The van der Waals surface area contributed by atoms with Gasteiger partial charge in [0, 0.05) is 18.3 Å². The minimum Gasteiger partial charge on any atom is -0.387 e. The molecule has 3 saturated heterocycles. The summed E-state index contributed by atoms with van der Waals surface area (Å²) in [6, 6.07) is 10.7. The molecule has 4 rings (SSSR count). The fraction of sp³-hybridized carbons (Fsp3) is 0.538. The topological polar surface area (TPSA) is 24.7 Å². The van der Waals surface area contributed by atoms with Gasteiger partial charge in [0.15, 0.2) is 0 Å². The van der Waals surface area contributed by atoms with Crippen molar-refractivity contribution >= 4 is 0 Å². The van der Waals surface area contributed by atoms with E-state index in [9.17, 15) is 5.11 Å². The fourth-order valence-corrected chi connectivity index (χ4v) is 3.29. The van der Waals surface area contributed by atoms with Crippen molar-refractivity contribution < 1.29 is 10.0 Å². The van der Waals surface area contributed by atoms with Crippen LogP contribution in [0.1, 0.15) is 17.9 Å². The van der Waals surface area contributed by atoms with Crippen LogP contribution in [-0.4, -0.2) is 30.8 Å².